The summed E-state index contributed by atoms with van der Waals surface area (Å²) in [5, 5.41) is 0. The molecule has 338 valence electrons. The molecule has 8 nitrogen and oxygen atoms in total. The zero-order valence-corrected chi connectivity index (χ0v) is 38.3. The number of phosphoric ester groups is 1. The third-order valence-corrected chi connectivity index (χ3v) is 9.58. The zero-order chi connectivity index (χ0) is 43.7. The number of rotatable bonds is 41. The van der Waals surface area contributed by atoms with E-state index >= 15 is 0 Å². The number of esters is 1. The van der Waals surface area contributed by atoms with E-state index < -0.39 is 19.9 Å². The summed E-state index contributed by atoms with van der Waals surface area (Å²) >= 11 is 0. The van der Waals surface area contributed by atoms with E-state index in [1.807, 2.05) is 6.08 Å². The van der Waals surface area contributed by atoms with Gasteiger partial charge in [-0.15, -0.1) is 0 Å². The maximum atomic E-state index is 12.5. The molecule has 0 aromatic rings. The van der Waals surface area contributed by atoms with E-state index in [-0.39, 0.29) is 32.8 Å². The lowest BCUT2D eigenvalue weighted by molar-refractivity contribution is -0.153. The Morgan fingerprint density at radius 3 is 1.32 bits per heavy atom. The van der Waals surface area contributed by atoms with Gasteiger partial charge >= 0.3 is 13.8 Å². The number of nitrogens with two attached hydrogens (primary N) is 1. The van der Waals surface area contributed by atoms with E-state index in [1.165, 1.54) is 25.7 Å². The molecule has 0 radical (unpaired) electrons. The van der Waals surface area contributed by atoms with Crippen LogP contribution in [0.1, 0.15) is 142 Å². The van der Waals surface area contributed by atoms with Gasteiger partial charge < -0.3 is 20.1 Å². The van der Waals surface area contributed by atoms with Gasteiger partial charge in [-0.05, 0) is 89.9 Å². The molecule has 0 aromatic carbocycles. The van der Waals surface area contributed by atoms with Gasteiger partial charge in [0, 0.05) is 13.2 Å². The largest absolute Gasteiger partial charge is 0.472 e. The molecule has 0 aliphatic rings. The molecule has 2 unspecified atom stereocenters. The minimum atomic E-state index is -4.32. The summed E-state index contributed by atoms with van der Waals surface area (Å²) in [5.41, 5.74) is 5.36. The second-order valence-electron chi connectivity index (χ2n) is 14.2. The normalized spacial score (nSPS) is 14.7. The molecular formula is C51H82NO7P. The van der Waals surface area contributed by atoms with Crippen molar-refractivity contribution in [3.05, 3.63) is 134 Å². The molecule has 0 saturated carbocycles. The summed E-state index contributed by atoms with van der Waals surface area (Å²) in [6.45, 7) is 4.48. The molecule has 0 heterocycles. The Hall–Kier alpha value is -3.36. The maximum absolute atomic E-state index is 12.5. The molecule has 0 aromatic heterocycles. The summed E-state index contributed by atoms with van der Waals surface area (Å²) in [6.07, 6.45) is 66.5. The highest BCUT2D eigenvalue weighted by Crippen LogP contribution is 2.43. The zero-order valence-electron chi connectivity index (χ0n) is 37.4. The molecule has 3 N–H and O–H groups in total. The van der Waals surface area contributed by atoms with Gasteiger partial charge in [-0.2, -0.15) is 0 Å². The molecule has 0 fully saturated rings. The van der Waals surface area contributed by atoms with Crippen molar-refractivity contribution in [3.8, 4) is 0 Å². The van der Waals surface area contributed by atoms with Crippen molar-refractivity contribution in [3.63, 3.8) is 0 Å². The summed E-state index contributed by atoms with van der Waals surface area (Å²) in [4.78, 5) is 22.4. The average Bonchev–Trinajstić information content (AvgIpc) is 3.24. The van der Waals surface area contributed by atoms with Crippen LogP contribution in [0.2, 0.25) is 0 Å². The van der Waals surface area contributed by atoms with Crippen LogP contribution in [0.4, 0.5) is 0 Å². The van der Waals surface area contributed by atoms with Crippen molar-refractivity contribution in [2.75, 3.05) is 33.0 Å². The molecule has 2 atom stereocenters. The molecule has 0 amide bonds. The van der Waals surface area contributed by atoms with Crippen LogP contribution in [0.5, 0.6) is 0 Å². The van der Waals surface area contributed by atoms with Gasteiger partial charge in [0.15, 0.2) is 0 Å². The average molecular weight is 852 g/mol. The Morgan fingerprint density at radius 1 is 0.500 bits per heavy atom. The van der Waals surface area contributed by atoms with E-state index in [9.17, 15) is 14.3 Å². The van der Waals surface area contributed by atoms with Crippen molar-refractivity contribution in [2.24, 2.45) is 5.73 Å². The summed E-state index contributed by atoms with van der Waals surface area (Å²) in [6, 6.07) is 0. The molecule has 0 spiro atoms. The van der Waals surface area contributed by atoms with Crippen LogP contribution in [-0.4, -0.2) is 49.9 Å². The van der Waals surface area contributed by atoms with Crippen molar-refractivity contribution >= 4 is 13.8 Å². The molecule has 0 rings (SSSR count). The summed E-state index contributed by atoms with van der Waals surface area (Å²) in [7, 11) is -4.32. The van der Waals surface area contributed by atoms with E-state index in [2.05, 4.69) is 135 Å². The maximum Gasteiger partial charge on any atom is 0.472 e. The SMILES string of the molecule is CC/C=C\C/C=C\C/C=C\C/C=C\C/C=C\C/C=C\CCCCCCCCCOCC(COP(=O)(O)OCCN)OC(=O)C/C=C\C/C=C\C/C=C\C/C=C\C/C=C\CC. The van der Waals surface area contributed by atoms with Crippen molar-refractivity contribution < 1.29 is 32.8 Å². The predicted molar refractivity (Wildman–Crippen MR) is 256 cm³/mol. The van der Waals surface area contributed by atoms with Crippen LogP contribution in [0.25, 0.3) is 0 Å². The van der Waals surface area contributed by atoms with Crippen LogP contribution in [0.3, 0.4) is 0 Å². The molecule has 0 bridgehead atoms. The van der Waals surface area contributed by atoms with Crippen molar-refractivity contribution in [1.29, 1.82) is 0 Å². The van der Waals surface area contributed by atoms with Gasteiger partial charge in [-0.3, -0.25) is 13.8 Å². The molecule has 9 heteroatoms. The van der Waals surface area contributed by atoms with Gasteiger partial charge in [-0.1, -0.05) is 180 Å². The van der Waals surface area contributed by atoms with E-state index in [0.717, 1.165) is 89.9 Å². The number of phosphoric acid groups is 1. The molecular weight excluding hydrogens is 770 g/mol. The monoisotopic (exact) mass is 852 g/mol. The Morgan fingerprint density at radius 2 is 0.883 bits per heavy atom. The Kier molecular flexibility index (Phi) is 44.1. The Bertz CT molecular complexity index is 1370. The lowest BCUT2D eigenvalue weighted by Crippen LogP contribution is -2.28. The minimum absolute atomic E-state index is 0.0584. The topological polar surface area (TPSA) is 117 Å². The lowest BCUT2D eigenvalue weighted by atomic mass is 10.1. The van der Waals surface area contributed by atoms with Crippen LogP contribution in [0.15, 0.2) is 134 Å². The lowest BCUT2D eigenvalue weighted by Gasteiger charge is -2.19. The van der Waals surface area contributed by atoms with E-state index in [0.29, 0.717) is 13.0 Å². The first-order chi connectivity index (χ1) is 29.4. The van der Waals surface area contributed by atoms with Gasteiger partial charge in [0.25, 0.3) is 0 Å². The number of hydrogen-bond acceptors (Lipinski definition) is 7. The Balaban J connectivity index is 4.14. The number of carbonyl (C=O) groups excluding carboxylic acids is 1. The first-order valence-corrected chi connectivity index (χ1v) is 24.2. The fourth-order valence-electron chi connectivity index (χ4n) is 5.37. The van der Waals surface area contributed by atoms with Gasteiger partial charge in [0.2, 0.25) is 0 Å². The fourth-order valence-corrected chi connectivity index (χ4v) is 6.13. The van der Waals surface area contributed by atoms with Crippen molar-refractivity contribution in [1.82, 2.24) is 0 Å². The third kappa shape index (κ3) is 45.7. The predicted octanol–water partition coefficient (Wildman–Crippen LogP) is 14.0. The van der Waals surface area contributed by atoms with E-state index in [1.54, 1.807) is 6.08 Å². The quantitative estimate of drug-likeness (QED) is 0.0270. The highest BCUT2D eigenvalue weighted by Gasteiger charge is 2.25. The van der Waals surface area contributed by atoms with Crippen LogP contribution in [-0.2, 0) is 27.9 Å². The van der Waals surface area contributed by atoms with Crippen molar-refractivity contribution in [2.45, 2.75) is 148 Å². The first kappa shape index (κ1) is 56.6. The second kappa shape index (κ2) is 46.7. The summed E-state index contributed by atoms with van der Waals surface area (Å²) < 4.78 is 33.3. The number of carbonyl (C=O) groups is 1. The second-order valence-corrected chi connectivity index (χ2v) is 15.6. The standard InChI is InChI=1S/C51H82NO7P/c1-3-5-7-9-11-13-15-17-19-20-21-22-23-24-25-26-27-28-29-31-33-35-37-39-41-43-46-56-48-50(49-58-60(54,55)57-47-45-52)59-51(53)44-42-40-38-36-34-32-30-18-16-14-12-10-8-6-4-2/h5-8,11-14,17-19,21-22,24-25,27-28,30,34,36,40,42,50H,3-4,9-10,15-16,20,23,26,29,31-33,35,37-39,41,43-49,52H2,1-2H3,(H,54,55)/b7-5-,8-6-,13-11-,14-12-,19-17-,22-21-,25-24-,28-27-,30-18-,36-34-,42-40-. The summed E-state index contributed by atoms with van der Waals surface area (Å²) in [5.74, 6) is -0.468. The number of hydrogen-bond donors (Lipinski definition) is 2. The van der Waals surface area contributed by atoms with Crippen LogP contribution >= 0.6 is 7.82 Å². The highest BCUT2D eigenvalue weighted by molar-refractivity contribution is 7.47. The van der Waals surface area contributed by atoms with Crippen LogP contribution in [0, 0.1) is 0 Å². The number of unbranched alkanes of at least 4 members (excludes halogenated alkanes) is 7. The third-order valence-electron chi connectivity index (χ3n) is 8.60. The molecule has 0 aliphatic carbocycles. The molecule has 0 saturated heterocycles. The smallest absolute Gasteiger partial charge is 0.457 e. The Labute approximate surface area is 366 Å². The molecule has 60 heavy (non-hydrogen) atoms. The number of ether oxygens (including phenoxy) is 2. The fraction of sp³-hybridized carbons (Fsp3) is 0.549. The molecule has 0 aliphatic heterocycles. The first-order valence-electron chi connectivity index (χ1n) is 22.7. The number of allylic oxidation sites excluding steroid dienone is 21. The minimum Gasteiger partial charge on any atom is -0.457 e. The van der Waals surface area contributed by atoms with Crippen LogP contribution < -0.4 is 5.73 Å². The van der Waals surface area contributed by atoms with Gasteiger partial charge in [0.05, 0.1) is 26.2 Å². The van der Waals surface area contributed by atoms with Gasteiger partial charge in [0.1, 0.15) is 6.10 Å². The van der Waals surface area contributed by atoms with Gasteiger partial charge in [-0.25, -0.2) is 4.57 Å². The van der Waals surface area contributed by atoms with E-state index in [4.69, 9.17) is 24.3 Å². The highest BCUT2D eigenvalue weighted by atomic mass is 31.2.